The molecule has 3 rings (SSSR count). The lowest BCUT2D eigenvalue weighted by Gasteiger charge is -2.31. The molecule has 28 heavy (non-hydrogen) atoms. The van der Waals surface area contributed by atoms with Crippen LogP contribution in [0.2, 0.25) is 0 Å². The number of carbonyl (C=O) groups excluding carboxylic acids is 1. The number of carbonyl (C=O) groups is 1. The molecule has 1 heterocycles. The maximum Gasteiger partial charge on any atom is 0.255 e. The Morgan fingerprint density at radius 1 is 1.18 bits per heavy atom. The van der Waals surface area contributed by atoms with E-state index in [0.717, 1.165) is 38.4 Å². The first-order chi connectivity index (χ1) is 13.2. The van der Waals surface area contributed by atoms with E-state index in [-0.39, 0.29) is 30.6 Å². The van der Waals surface area contributed by atoms with Gasteiger partial charge in [-0.15, -0.1) is 24.0 Å². The molecule has 0 atom stereocenters. The van der Waals surface area contributed by atoms with Gasteiger partial charge in [-0.1, -0.05) is 36.4 Å². The highest BCUT2D eigenvalue weighted by Crippen LogP contribution is 2.18. The molecule has 0 unspecified atom stereocenters. The molecule has 2 aromatic rings. The van der Waals surface area contributed by atoms with Gasteiger partial charge in [-0.25, -0.2) is 0 Å². The number of fused-ring (bicyclic) bond motifs is 1. The second kappa shape index (κ2) is 10.9. The van der Waals surface area contributed by atoms with E-state index in [0.29, 0.717) is 5.75 Å². The van der Waals surface area contributed by atoms with Crippen molar-refractivity contribution in [2.75, 3.05) is 26.7 Å². The van der Waals surface area contributed by atoms with E-state index in [1.807, 2.05) is 31.3 Å². The molecule has 1 amide bonds. The number of amides is 1. The first kappa shape index (κ1) is 22.0. The molecule has 2 aromatic carbocycles. The summed E-state index contributed by atoms with van der Waals surface area (Å²) in [5, 5.41) is 3.46. The Labute approximate surface area is 183 Å². The minimum atomic E-state index is -0.477. The maximum absolute atomic E-state index is 10.7. The molecule has 0 bridgehead atoms. The van der Waals surface area contributed by atoms with Crippen LogP contribution in [0.3, 0.4) is 0 Å². The van der Waals surface area contributed by atoms with Gasteiger partial charge in [0.05, 0.1) is 0 Å². The van der Waals surface area contributed by atoms with Crippen molar-refractivity contribution in [1.82, 2.24) is 10.2 Å². The SMILES string of the molecule is CN=C(NCCc1ccc(OCC(N)=O)cc1)N1CCc2ccccc2C1.I. The molecule has 0 fully saturated rings. The lowest BCUT2D eigenvalue weighted by Crippen LogP contribution is -2.44. The van der Waals surface area contributed by atoms with Gasteiger partial charge in [0.1, 0.15) is 5.75 Å². The van der Waals surface area contributed by atoms with E-state index in [1.165, 1.54) is 16.7 Å². The van der Waals surface area contributed by atoms with Crippen LogP contribution in [0.1, 0.15) is 16.7 Å². The molecule has 3 N–H and O–H groups in total. The molecule has 0 saturated heterocycles. The summed E-state index contributed by atoms with van der Waals surface area (Å²) < 4.78 is 5.27. The smallest absolute Gasteiger partial charge is 0.255 e. The van der Waals surface area contributed by atoms with Crippen LogP contribution in [0.15, 0.2) is 53.5 Å². The van der Waals surface area contributed by atoms with Crippen LogP contribution in [-0.4, -0.2) is 43.5 Å². The van der Waals surface area contributed by atoms with Crippen LogP contribution in [0.25, 0.3) is 0 Å². The number of primary amides is 1. The highest BCUT2D eigenvalue weighted by molar-refractivity contribution is 14.0. The number of nitrogens with two attached hydrogens (primary N) is 1. The summed E-state index contributed by atoms with van der Waals surface area (Å²) in [7, 11) is 1.83. The second-order valence-corrected chi connectivity index (χ2v) is 6.56. The van der Waals surface area contributed by atoms with Crippen molar-refractivity contribution in [3.05, 3.63) is 65.2 Å². The molecule has 0 aliphatic carbocycles. The zero-order valence-corrected chi connectivity index (χ0v) is 18.4. The first-order valence-corrected chi connectivity index (χ1v) is 9.18. The van der Waals surface area contributed by atoms with Crippen LogP contribution in [0.5, 0.6) is 5.75 Å². The Balaban J connectivity index is 0.00000280. The van der Waals surface area contributed by atoms with Crippen molar-refractivity contribution in [2.45, 2.75) is 19.4 Å². The molecule has 7 heteroatoms. The summed E-state index contributed by atoms with van der Waals surface area (Å²) in [6.45, 7) is 2.56. The van der Waals surface area contributed by atoms with Gasteiger partial charge in [0, 0.05) is 26.7 Å². The van der Waals surface area contributed by atoms with Crippen molar-refractivity contribution in [3.63, 3.8) is 0 Å². The Morgan fingerprint density at radius 2 is 1.89 bits per heavy atom. The van der Waals surface area contributed by atoms with Crippen molar-refractivity contribution < 1.29 is 9.53 Å². The monoisotopic (exact) mass is 494 g/mol. The van der Waals surface area contributed by atoms with E-state index in [1.54, 1.807) is 0 Å². The number of benzene rings is 2. The third kappa shape index (κ3) is 6.12. The fourth-order valence-electron chi connectivity index (χ4n) is 3.23. The number of nitrogens with one attached hydrogen (secondary N) is 1. The fourth-order valence-corrected chi connectivity index (χ4v) is 3.23. The summed E-state index contributed by atoms with van der Waals surface area (Å²) in [6, 6.07) is 16.3. The number of nitrogens with zero attached hydrogens (tertiary/aromatic N) is 2. The van der Waals surface area contributed by atoms with E-state index < -0.39 is 5.91 Å². The summed E-state index contributed by atoms with van der Waals surface area (Å²) in [5.74, 6) is 1.11. The summed E-state index contributed by atoms with van der Waals surface area (Å²) >= 11 is 0. The minimum Gasteiger partial charge on any atom is -0.484 e. The normalized spacial score (nSPS) is 13.3. The molecular weight excluding hydrogens is 467 g/mol. The number of ether oxygens (including phenoxy) is 1. The van der Waals surface area contributed by atoms with Crippen molar-refractivity contribution in [1.29, 1.82) is 0 Å². The summed E-state index contributed by atoms with van der Waals surface area (Å²) in [6.07, 6.45) is 1.92. The largest absolute Gasteiger partial charge is 0.484 e. The Hall–Kier alpha value is -2.29. The third-order valence-corrected chi connectivity index (χ3v) is 4.64. The van der Waals surface area contributed by atoms with Crippen LogP contribution in [-0.2, 0) is 24.2 Å². The van der Waals surface area contributed by atoms with Crippen LogP contribution < -0.4 is 15.8 Å². The molecule has 1 aliphatic heterocycles. The maximum atomic E-state index is 10.7. The number of aliphatic imine (C=N–C) groups is 1. The van der Waals surface area contributed by atoms with Crippen LogP contribution in [0.4, 0.5) is 0 Å². The zero-order valence-electron chi connectivity index (χ0n) is 16.1. The molecule has 0 saturated carbocycles. The highest BCUT2D eigenvalue weighted by atomic mass is 127. The quantitative estimate of drug-likeness (QED) is 0.367. The molecule has 150 valence electrons. The van der Waals surface area contributed by atoms with Gasteiger partial charge in [-0.05, 0) is 41.7 Å². The number of hydrogen-bond acceptors (Lipinski definition) is 3. The molecule has 0 radical (unpaired) electrons. The average molecular weight is 494 g/mol. The van der Waals surface area contributed by atoms with Gasteiger partial charge in [0.25, 0.3) is 5.91 Å². The van der Waals surface area contributed by atoms with Gasteiger partial charge >= 0.3 is 0 Å². The predicted octanol–water partition coefficient (Wildman–Crippen LogP) is 2.34. The lowest BCUT2D eigenvalue weighted by molar-refractivity contribution is -0.119. The van der Waals surface area contributed by atoms with E-state index >= 15 is 0 Å². The third-order valence-electron chi connectivity index (χ3n) is 4.64. The first-order valence-electron chi connectivity index (χ1n) is 9.18. The van der Waals surface area contributed by atoms with Crippen LogP contribution in [0, 0.1) is 0 Å². The van der Waals surface area contributed by atoms with Gasteiger partial charge < -0.3 is 20.7 Å². The Morgan fingerprint density at radius 3 is 2.57 bits per heavy atom. The Kier molecular flexibility index (Phi) is 8.56. The summed E-state index contributed by atoms with van der Waals surface area (Å²) in [5.41, 5.74) is 9.07. The molecule has 0 spiro atoms. The Bertz CT molecular complexity index is 808. The van der Waals surface area contributed by atoms with Crippen molar-refractivity contribution in [2.24, 2.45) is 10.7 Å². The highest BCUT2D eigenvalue weighted by Gasteiger charge is 2.18. The predicted molar refractivity (Wildman–Crippen MR) is 122 cm³/mol. The fraction of sp³-hybridized carbons (Fsp3) is 0.333. The van der Waals surface area contributed by atoms with E-state index in [2.05, 4.69) is 39.5 Å². The molecule has 1 aliphatic rings. The van der Waals surface area contributed by atoms with E-state index in [9.17, 15) is 4.79 Å². The van der Waals surface area contributed by atoms with Gasteiger partial charge in [0.15, 0.2) is 12.6 Å². The number of hydrogen-bond donors (Lipinski definition) is 2. The second-order valence-electron chi connectivity index (χ2n) is 6.56. The zero-order chi connectivity index (χ0) is 19.1. The van der Waals surface area contributed by atoms with Crippen molar-refractivity contribution >= 4 is 35.8 Å². The number of guanidine groups is 1. The van der Waals surface area contributed by atoms with Gasteiger partial charge in [-0.2, -0.15) is 0 Å². The van der Waals surface area contributed by atoms with Crippen molar-refractivity contribution in [3.8, 4) is 5.75 Å². The van der Waals surface area contributed by atoms with Gasteiger partial charge in [-0.3, -0.25) is 9.79 Å². The lowest BCUT2D eigenvalue weighted by atomic mass is 10.0. The summed E-state index contributed by atoms with van der Waals surface area (Å²) in [4.78, 5) is 17.5. The van der Waals surface area contributed by atoms with Gasteiger partial charge in [0.2, 0.25) is 0 Å². The standard InChI is InChI=1S/C21H26N4O2.HI/c1-23-21(25-13-11-17-4-2-3-5-18(17)14-25)24-12-10-16-6-8-19(9-7-16)27-15-20(22)26;/h2-9H,10-15H2,1H3,(H2,22,26)(H,23,24);1H. The van der Waals surface area contributed by atoms with Crippen LogP contribution >= 0.6 is 24.0 Å². The number of rotatable bonds is 6. The molecular formula is C21H27IN4O2. The average Bonchev–Trinajstić information content (AvgIpc) is 2.70. The minimum absolute atomic E-state index is 0. The number of halogens is 1. The molecule has 6 nitrogen and oxygen atoms in total. The molecule has 0 aromatic heterocycles. The van der Waals surface area contributed by atoms with E-state index in [4.69, 9.17) is 10.5 Å². The topological polar surface area (TPSA) is 80.0 Å².